The zero-order chi connectivity index (χ0) is 22.9. The molecule has 2 N–H and O–H groups in total. The van der Waals surface area contributed by atoms with Crippen molar-refractivity contribution in [3.63, 3.8) is 0 Å². The van der Waals surface area contributed by atoms with E-state index in [4.69, 9.17) is 4.74 Å². The van der Waals surface area contributed by atoms with E-state index in [0.29, 0.717) is 16.9 Å². The third-order valence-corrected chi connectivity index (χ3v) is 5.35. The van der Waals surface area contributed by atoms with Gasteiger partial charge in [0.2, 0.25) is 0 Å². The van der Waals surface area contributed by atoms with Crippen molar-refractivity contribution in [2.45, 2.75) is 31.2 Å². The number of nitrogens with zero attached hydrogens (tertiary/aromatic N) is 2. The van der Waals surface area contributed by atoms with Crippen molar-refractivity contribution in [3.8, 4) is 5.75 Å². The minimum atomic E-state index is -4.55. The number of ether oxygens (including phenoxy) is 1. The van der Waals surface area contributed by atoms with E-state index in [0.717, 1.165) is 10.9 Å². The molecule has 1 aliphatic heterocycles. The van der Waals surface area contributed by atoms with Crippen LogP contribution in [-0.4, -0.2) is 29.0 Å². The molecule has 1 aliphatic rings. The summed E-state index contributed by atoms with van der Waals surface area (Å²) in [6.45, 7) is 0.0890. The van der Waals surface area contributed by atoms with Crippen molar-refractivity contribution in [2.24, 2.45) is 0 Å². The number of methoxy groups -OCH3 is 1. The Labute approximate surface area is 181 Å². The van der Waals surface area contributed by atoms with Gasteiger partial charge in [0.05, 0.1) is 19.3 Å². The number of aromatic nitrogens is 2. The molecule has 0 aliphatic carbocycles. The molecule has 0 saturated heterocycles. The number of benzene rings is 2. The summed E-state index contributed by atoms with van der Waals surface area (Å²) in [6.07, 6.45) is -3.72. The molecular weight excluding hydrogens is 428 g/mol. The number of nitrogens with one attached hydrogen (secondary N) is 2. The normalized spacial score (nSPS) is 17.9. The van der Waals surface area contributed by atoms with Gasteiger partial charge in [-0.05, 0) is 35.4 Å². The van der Waals surface area contributed by atoms with E-state index in [1.807, 2.05) is 0 Å². The van der Waals surface area contributed by atoms with Crippen LogP contribution in [0.1, 0.15) is 40.0 Å². The van der Waals surface area contributed by atoms with Gasteiger partial charge in [-0.3, -0.25) is 4.79 Å². The second-order valence-corrected chi connectivity index (χ2v) is 7.43. The maximum Gasteiger partial charge on any atom is 0.410 e. The van der Waals surface area contributed by atoms with E-state index >= 15 is 0 Å². The van der Waals surface area contributed by atoms with Crippen LogP contribution >= 0.6 is 0 Å². The van der Waals surface area contributed by atoms with Crippen molar-refractivity contribution < 1.29 is 27.1 Å². The van der Waals surface area contributed by atoms with Gasteiger partial charge in [-0.25, -0.2) is 9.07 Å². The molecule has 3 aromatic rings. The Hall–Kier alpha value is -3.56. The quantitative estimate of drug-likeness (QED) is 0.559. The Morgan fingerprint density at radius 3 is 2.69 bits per heavy atom. The number of carbonyl (C=O) groups is 1. The molecule has 0 unspecified atom stereocenters. The topological polar surface area (TPSA) is 68.2 Å². The van der Waals surface area contributed by atoms with E-state index in [1.54, 1.807) is 24.3 Å². The minimum Gasteiger partial charge on any atom is -0.497 e. The molecule has 2 atom stereocenters. The number of anilines is 1. The molecule has 4 rings (SSSR count). The van der Waals surface area contributed by atoms with Crippen LogP contribution in [0.5, 0.6) is 5.75 Å². The summed E-state index contributed by atoms with van der Waals surface area (Å²) >= 11 is 0. The van der Waals surface area contributed by atoms with Gasteiger partial charge in [0.25, 0.3) is 5.91 Å². The Bertz CT molecular complexity index is 1110. The lowest BCUT2D eigenvalue weighted by atomic mass is 9.96. The van der Waals surface area contributed by atoms with Crippen molar-refractivity contribution in [1.82, 2.24) is 15.1 Å². The molecule has 10 heteroatoms. The molecule has 0 saturated carbocycles. The van der Waals surface area contributed by atoms with E-state index in [-0.39, 0.29) is 24.3 Å². The molecule has 0 bridgehead atoms. The highest BCUT2D eigenvalue weighted by atomic mass is 19.4. The summed E-state index contributed by atoms with van der Waals surface area (Å²) in [4.78, 5) is 12.7. The fraction of sp³-hybridized carbons (Fsp3) is 0.273. The van der Waals surface area contributed by atoms with Gasteiger partial charge < -0.3 is 15.4 Å². The molecule has 1 aromatic heterocycles. The summed E-state index contributed by atoms with van der Waals surface area (Å²) in [6, 6.07) is 9.71. The average molecular weight is 448 g/mol. The standard InChI is InChI=1S/C22H20F4N4O2/c1-32-16-4-2-3-14(9-16)18-10-19(22(24,25)26)30-20(29-18)17(12-28-30)21(31)27-11-13-5-7-15(23)8-6-13/h2-9,12,18-19,29H,10-11H2,1H3,(H,27,31)/t18-,19-/m1/s1. The molecular formula is C22H20F4N4O2. The number of alkyl halides is 3. The first-order chi connectivity index (χ1) is 15.3. The maximum atomic E-state index is 13.8. The number of hydrogen-bond acceptors (Lipinski definition) is 4. The highest BCUT2D eigenvalue weighted by Gasteiger charge is 2.47. The molecule has 168 valence electrons. The van der Waals surface area contributed by atoms with Gasteiger partial charge in [0.15, 0.2) is 6.04 Å². The van der Waals surface area contributed by atoms with E-state index in [1.165, 1.54) is 31.4 Å². The monoisotopic (exact) mass is 448 g/mol. The zero-order valence-electron chi connectivity index (χ0n) is 17.0. The Kier molecular flexibility index (Phi) is 5.77. The van der Waals surface area contributed by atoms with E-state index < -0.39 is 30.0 Å². The molecule has 6 nitrogen and oxygen atoms in total. The van der Waals surface area contributed by atoms with Crippen molar-refractivity contribution in [2.75, 3.05) is 12.4 Å². The van der Waals surface area contributed by atoms with Crippen LogP contribution in [0.15, 0.2) is 54.7 Å². The largest absolute Gasteiger partial charge is 0.497 e. The summed E-state index contributed by atoms with van der Waals surface area (Å²) in [5.41, 5.74) is 1.24. The van der Waals surface area contributed by atoms with Crippen LogP contribution in [-0.2, 0) is 6.54 Å². The van der Waals surface area contributed by atoms with Crippen LogP contribution < -0.4 is 15.4 Å². The van der Waals surface area contributed by atoms with Crippen LogP contribution in [0.3, 0.4) is 0 Å². The predicted octanol–water partition coefficient (Wildman–Crippen LogP) is 4.62. The maximum absolute atomic E-state index is 13.8. The lowest BCUT2D eigenvalue weighted by Gasteiger charge is -2.34. The highest BCUT2D eigenvalue weighted by Crippen LogP contribution is 2.44. The van der Waals surface area contributed by atoms with Gasteiger partial charge in [0, 0.05) is 13.0 Å². The van der Waals surface area contributed by atoms with Gasteiger partial charge in [-0.15, -0.1) is 0 Å². The third-order valence-electron chi connectivity index (χ3n) is 5.35. The van der Waals surface area contributed by atoms with Gasteiger partial charge in [-0.1, -0.05) is 24.3 Å². The molecule has 0 radical (unpaired) electrons. The Morgan fingerprint density at radius 2 is 2.00 bits per heavy atom. The van der Waals surface area contributed by atoms with Crippen molar-refractivity contribution in [1.29, 1.82) is 0 Å². The van der Waals surface area contributed by atoms with Crippen molar-refractivity contribution >= 4 is 11.7 Å². The second-order valence-electron chi connectivity index (χ2n) is 7.43. The van der Waals surface area contributed by atoms with Gasteiger partial charge in [0.1, 0.15) is 22.9 Å². The number of rotatable bonds is 5. The minimum absolute atomic E-state index is 0.00559. The third kappa shape index (κ3) is 4.39. The second kappa shape index (κ2) is 8.52. The summed E-state index contributed by atoms with van der Waals surface area (Å²) in [5, 5.41) is 9.53. The number of halogens is 4. The summed E-state index contributed by atoms with van der Waals surface area (Å²) in [5.74, 6) is -0.487. The Morgan fingerprint density at radius 1 is 1.25 bits per heavy atom. The first-order valence-corrected chi connectivity index (χ1v) is 9.83. The molecule has 0 spiro atoms. The average Bonchev–Trinajstić information content (AvgIpc) is 3.21. The van der Waals surface area contributed by atoms with Crippen LogP contribution in [0.2, 0.25) is 0 Å². The first kappa shape index (κ1) is 21.7. The van der Waals surface area contributed by atoms with E-state index in [9.17, 15) is 22.4 Å². The summed E-state index contributed by atoms with van der Waals surface area (Å²) in [7, 11) is 1.48. The van der Waals surface area contributed by atoms with Gasteiger partial charge in [-0.2, -0.15) is 18.3 Å². The van der Waals surface area contributed by atoms with E-state index in [2.05, 4.69) is 15.7 Å². The molecule has 2 heterocycles. The Balaban J connectivity index is 1.61. The molecule has 32 heavy (non-hydrogen) atoms. The molecule has 2 aromatic carbocycles. The molecule has 1 amide bonds. The lowest BCUT2D eigenvalue weighted by molar-refractivity contribution is -0.173. The fourth-order valence-corrected chi connectivity index (χ4v) is 3.69. The van der Waals surface area contributed by atoms with Crippen LogP contribution in [0, 0.1) is 5.82 Å². The first-order valence-electron chi connectivity index (χ1n) is 9.83. The highest BCUT2D eigenvalue weighted by molar-refractivity contribution is 5.98. The smallest absolute Gasteiger partial charge is 0.410 e. The number of fused-ring (bicyclic) bond motifs is 1. The number of carbonyl (C=O) groups excluding carboxylic acids is 1. The SMILES string of the molecule is COc1cccc([C@H]2C[C@H](C(F)(F)F)n3ncc(C(=O)NCc4ccc(F)cc4)c3N2)c1. The predicted molar refractivity (Wildman–Crippen MR) is 109 cm³/mol. The lowest BCUT2D eigenvalue weighted by Crippen LogP contribution is -2.36. The van der Waals surface area contributed by atoms with Crippen LogP contribution in [0.4, 0.5) is 23.4 Å². The van der Waals surface area contributed by atoms with Crippen LogP contribution in [0.25, 0.3) is 0 Å². The van der Waals surface area contributed by atoms with Gasteiger partial charge >= 0.3 is 6.18 Å². The number of amides is 1. The zero-order valence-corrected chi connectivity index (χ0v) is 17.0. The summed E-state index contributed by atoms with van der Waals surface area (Å²) < 4.78 is 60.5. The van der Waals surface area contributed by atoms with Crippen molar-refractivity contribution in [3.05, 3.63) is 77.2 Å². The molecule has 0 fully saturated rings. The fourth-order valence-electron chi connectivity index (χ4n) is 3.69. The number of hydrogen-bond donors (Lipinski definition) is 2.